The molecule has 1 heterocycles. The highest BCUT2D eigenvalue weighted by atomic mass is 32.3. The normalized spacial score (nSPS) is 39.2. The third kappa shape index (κ3) is 5.22. The summed E-state index contributed by atoms with van der Waals surface area (Å²) < 4.78 is 32.4. The van der Waals surface area contributed by atoms with E-state index in [0.717, 1.165) is 54.7 Å². The minimum Gasteiger partial charge on any atom is -0.393 e. The molecule has 7 nitrogen and oxygen atoms in total. The minimum absolute atomic E-state index is 0.0336. The first-order valence-corrected chi connectivity index (χ1v) is 17.5. The number of hydrogen-bond acceptors (Lipinski definition) is 6. The maximum atomic E-state index is 13.3. The van der Waals surface area contributed by atoms with Crippen molar-refractivity contribution in [2.24, 2.45) is 52.3 Å². The van der Waals surface area contributed by atoms with E-state index < -0.39 is 10.1 Å². The highest BCUT2D eigenvalue weighted by Gasteiger charge is 2.63. The van der Waals surface area contributed by atoms with Gasteiger partial charge in [0.1, 0.15) is 9.99 Å². The fraction of sp³-hybridized carbons (Fsp3) is 0.806. The molecule has 0 aliphatic heterocycles. The lowest BCUT2D eigenvalue weighted by molar-refractivity contribution is -0.169. The van der Waals surface area contributed by atoms with Crippen LogP contribution in [0, 0.1) is 52.3 Å². The number of hydrogen-bond donors (Lipinski definition) is 3. The molecule has 0 unspecified atom stereocenters. The zero-order valence-electron chi connectivity index (χ0n) is 24.6. The van der Waals surface area contributed by atoms with Crippen LogP contribution in [0.5, 0.6) is 0 Å². The second-order valence-corrected chi connectivity index (χ2v) is 17.1. The van der Waals surface area contributed by atoms with Crippen molar-refractivity contribution < 1.29 is 27.7 Å². The molecule has 4 fully saturated rings. The molecule has 0 bridgehead atoms. The van der Waals surface area contributed by atoms with Crippen molar-refractivity contribution in [3.05, 3.63) is 17.0 Å². The summed E-state index contributed by atoms with van der Waals surface area (Å²) in [6.45, 7) is 11.0. The van der Waals surface area contributed by atoms with Crippen LogP contribution in [0.25, 0.3) is 0 Å². The summed E-state index contributed by atoms with van der Waals surface area (Å²) in [7, 11) is -4.27. The van der Waals surface area contributed by atoms with E-state index in [-0.39, 0.29) is 50.8 Å². The standard InChI is InChI=1S/C31H47NO6S2/c1-17(2)29(25-8-9-27(39-25)40(36,37)38)32-26(35)14-18(3)21-6-7-22-28-23(11-13-31(21,22)5)30(4)12-10-20(33)15-19(30)16-24(28)34/h8-9,17-19,21-24,28-29,34H,6-7,10-16H2,1-5H3,(H,32,35)(H,36,37,38)/t18-,19+,21-,22+,23+,24-,28+,29+,30+,31-/m1/s1. The van der Waals surface area contributed by atoms with Gasteiger partial charge >= 0.3 is 10.1 Å². The van der Waals surface area contributed by atoms with Crippen molar-refractivity contribution >= 4 is 33.1 Å². The first kappa shape index (κ1) is 30.2. The summed E-state index contributed by atoms with van der Waals surface area (Å²) in [6, 6.07) is 2.74. The summed E-state index contributed by atoms with van der Waals surface area (Å²) in [6.07, 6.45) is 7.45. The molecule has 5 rings (SSSR count). The van der Waals surface area contributed by atoms with Crippen molar-refractivity contribution in [1.82, 2.24) is 5.32 Å². The largest absolute Gasteiger partial charge is 0.393 e. The van der Waals surface area contributed by atoms with Gasteiger partial charge in [-0.3, -0.25) is 14.1 Å². The van der Waals surface area contributed by atoms with Gasteiger partial charge in [-0.15, -0.1) is 11.3 Å². The van der Waals surface area contributed by atoms with Gasteiger partial charge in [0.25, 0.3) is 0 Å². The van der Waals surface area contributed by atoms with Crippen LogP contribution < -0.4 is 5.32 Å². The number of carbonyl (C=O) groups is 2. The van der Waals surface area contributed by atoms with E-state index in [1.807, 2.05) is 13.8 Å². The molecule has 40 heavy (non-hydrogen) atoms. The molecule has 9 heteroatoms. The van der Waals surface area contributed by atoms with Gasteiger partial charge in [-0.25, -0.2) is 0 Å². The second kappa shape index (κ2) is 10.8. The molecule has 1 aromatic rings. The van der Waals surface area contributed by atoms with E-state index in [2.05, 4.69) is 26.1 Å². The molecule has 0 spiro atoms. The van der Waals surface area contributed by atoms with Crippen molar-refractivity contribution in [3.8, 4) is 0 Å². The van der Waals surface area contributed by atoms with Crippen molar-refractivity contribution in [2.75, 3.05) is 0 Å². The van der Waals surface area contributed by atoms with Crippen LogP contribution in [-0.4, -0.2) is 35.9 Å². The van der Waals surface area contributed by atoms with Crippen LogP contribution in [0.2, 0.25) is 0 Å². The Morgan fingerprint density at radius 1 is 1.10 bits per heavy atom. The molecule has 4 aliphatic carbocycles. The first-order valence-electron chi connectivity index (χ1n) is 15.2. The molecule has 0 radical (unpaired) electrons. The molecule has 0 saturated heterocycles. The number of Topliss-reactive ketones (excluding diaryl/α,β-unsaturated/α-hetero) is 1. The first-order chi connectivity index (χ1) is 18.6. The van der Waals surface area contributed by atoms with Crippen LogP contribution in [-0.2, 0) is 19.7 Å². The van der Waals surface area contributed by atoms with Gasteiger partial charge in [-0.05, 0) is 103 Å². The lowest BCUT2D eigenvalue weighted by Gasteiger charge is -2.61. The maximum Gasteiger partial charge on any atom is 0.304 e. The van der Waals surface area contributed by atoms with Crippen LogP contribution in [0.15, 0.2) is 16.3 Å². The van der Waals surface area contributed by atoms with E-state index in [9.17, 15) is 27.7 Å². The number of aliphatic hydroxyl groups excluding tert-OH is 1. The molecular weight excluding hydrogens is 546 g/mol. The smallest absolute Gasteiger partial charge is 0.304 e. The number of amides is 1. The lowest BCUT2D eigenvalue weighted by atomic mass is 9.44. The summed E-state index contributed by atoms with van der Waals surface area (Å²) in [5, 5.41) is 14.6. The number of ketones is 1. The summed E-state index contributed by atoms with van der Waals surface area (Å²) in [5.74, 6) is 2.47. The Bertz CT molecular complexity index is 1240. The Kier molecular flexibility index (Phi) is 8.12. The van der Waals surface area contributed by atoms with Gasteiger partial charge in [-0.1, -0.05) is 34.6 Å². The van der Waals surface area contributed by atoms with Gasteiger partial charge in [0.05, 0.1) is 12.1 Å². The van der Waals surface area contributed by atoms with Gasteiger partial charge in [0.15, 0.2) is 0 Å². The van der Waals surface area contributed by atoms with Gasteiger partial charge in [0, 0.05) is 24.1 Å². The fourth-order valence-corrected chi connectivity index (χ4v) is 11.8. The van der Waals surface area contributed by atoms with E-state index in [1.54, 1.807) is 6.07 Å². The van der Waals surface area contributed by atoms with E-state index in [0.29, 0.717) is 48.7 Å². The SMILES string of the molecule is CC(C)[C@H](NC(=O)C[C@@H](C)[C@H]1CC[C@H]2[C@@H]3[C@H](O)C[C@@H]4CC(=O)CC[C@]4(C)[C@H]3CC[C@]12C)c1ccc(S(=O)(=O)O)s1. The Morgan fingerprint density at radius 2 is 1.80 bits per heavy atom. The molecule has 4 aliphatic rings. The Morgan fingerprint density at radius 3 is 2.45 bits per heavy atom. The number of rotatable bonds is 7. The molecule has 0 aromatic carbocycles. The topological polar surface area (TPSA) is 121 Å². The average molecular weight is 594 g/mol. The maximum absolute atomic E-state index is 13.3. The lowest BCUT2D eigenvalue weighted by Crippen LogP contribution is -2.58. The van der Waals surface area contributed by atoms with Gasteiger partial charge in [0.2, 0.25) is 5.91 Å². The van der Waals surface area contributed by atoms with Crippen LogP contribution in [0.3, 0.4) is 0 Å². The third-order valence-electron chi connectivity index (χ3n) is 11.9. The number of thiophene rings is 1. The number of aliphatic hydroxyl groups is 1. The van der Waals surface area contributed by atoms with Crippen LogP contribution in [0.4, 0.5) is 0 Å². The van der Waals surface area contributed by atoms with Gasteiger partial charge < -0.3 is 10.4 Å². The Balaban J connectivity index is 1.27. The molecule has 10 atom stereocenters. The molecule has 3 N–H and O–H groups in total. The molecular formula is C31H47NO6S2. The molecule has 4 saturated carbocycles. The Hall–Kier alpha value is -1.29. The van der Waals surface area contributed by atoms with Crippen LogP contribution in [0.1, 0.15) is 103 Å². The number of fused-ring (bicyclic) bond motifs is 5. The van der Waals surface area contributed by atoms with E-state index >= 15 is 0 Å². The average Bonchev–Trinajstić information content (AvgIpc) is 3.48. The quantitative estimate of drug-likeness (QED) is 0.332. The highest BCUT2D eigenvalue weighted by Crippen LogP contribution is 2.68. The van der Waals surface area contributed by atoms with E-state index in [1.165, 1.54) is 6.07 Å². The predicted octanol–water partition coefficient (Wildman–Crippen LogP) is 6.03. The summed E-state index contributed by atoms with van der Waals surface area (Å²) in [5.41, 5.74) is 0.233. The van der Waals surface area contributed by atoms with Crippen molar-refractivity contribution in [2.45, 2.75) is 109 Å². The third-order valence-corrected chi connectivity index (χ3v) is 14.4. The Labute approximate surface area is 243 Å². The second-order valence-electron chi connectivity index (χ2n) is 14.4. The molecule has 224 valence electrons. The molecule has 1 aromatic heterocycles. The van der Waals surface area contributed by atoms with Crippen molar-refractivity contribution in [1.29, 1.82) is 0 Å². The zero-order chi connectivity index (χ0) is 29.2. The summed E-state index contributed by atoms with van der Waals surface area (Å²) in [4.78, 5) is 26.3. The monoisotopic (exact) mass is 593 g/mol. The highest BCUT2D eigenvalue weighted by molar-refractivity contribution is 7.88. The summed E-state index contributed by atoms with van der Waals surface area (Å²) >= 11 is 1.000. The van der Waals surface area contributed by atoms with E-state index in [4.69, 9.17) is 0 Å². The fourth-order valence-electron chi connectivity index (χ4n) is 9.86. The molecule has 1 amide bonds. The van der Waals surface area contributed by atoms with Gasteiger partial charge in [-0.2, -0.15) is 8.42 Å². The minimum atomic E-state index is -4.27. The number of carbonyl (C=O) groups excluding carboxylic acids is 2. The predicted molar refractivity (Wildman–Crippen MR) is 155 cm³/mol. The van der Waals surface area contributed by atoms with Crippen molar-refractivity contribution in [3.63, 3.8) is 0 Å². The zero-order valence-corrected chi connectivity index (χ0v) is 26.2. The van der Waals surface area contributed by atoms with Crippen LogP contribution >= 0.6 is 11.3 Å². The number of nitrogens with one attached hydrogen (secondary N) is 1.